The van der Waals surface area contributed by atoms with E-state index in [9.17, 15) is 10.5 Å². The van der Waals surface area contributed by atoms with Crippen LogP contribution in [0.2, 0.25) is 0 Å². The monoisotopic (exact) mass is 699 g/mol. The number of hydrogen-bond donors (Lipinski definition) is 0. The van der Waals surface area contributed by atoms with Crippen molar-refractivity contribution in [2.75, 3.05) is 0 Å². The van der Waals surface area contributed by atoms with Gasteiger partial charge in [0.25, 0.3) is 0 Å². The number of benzene rings is 8. The van der Waals surface area contributed by atoms with Crippen molar-refractivity contribution in [3.63, 3.8) is 0 Å². The van der Waals surface area contributed by atoms with Crippen LogP contribution in [0.5, 0.6) is 0 Å². The summed E-state index contributed by atoms with van der Waals surface area (Å²) in [6, 6.07) is 65.9. The maximum atomic E-state index is 11.0. The number of aromatic nitrogens is 3. The van der Waals surface area contributed by atoms with Crippen LogP contribution in [0.25, 0.3) is 93.6 Å². The van der Waals surface area contributed by atoms with Gasteiger partial charge in [0.05, 0.1) is 55.6 Å². The van der Waals surface area contributed by atoms with Gasteiger partial charge in [0, 0.05) is 49.1 Å². The Morgan fingerprint density at radius 2 is 0.836 bits per heavy atom. The minimum atomic E-state index is 0.541. The third-order valence-electron chi connectivity index (χ3n) is 11.1. The Balaban J connectivity index is 1.16. The first kappa shape index (κ1) is 30.7. The lowest BCUT2D eigenvalue weighted by atomic mass is 9.96. The van der Waals surface area contributed by atoms with Crippen molar-refractivity contribution < 1.29 is 0 Å². The molecule has 11 aromatic rings. The molecule has 55 heavy (non-hydrogen) atoms. The van der Waals surface area contributed by atoms with Gasteiger partial charge in [0.1, 0.15) is 12.1 Å². The molecule has 5 nitrogen and oxygen atoms in total. The van der Waals surface area contributed by atoms with Gasteiger partial charge in [-0.25, -0.2) is 0 Å². The first-order valence-electron chi connectivity index (χ1n) is 18.3. The fourth-order valence-corrected chi connectivity index (χ4v) is 8.88. The lowest BCUT2D eigenvalue weighted by molar-refractivity contribution is 1.15. The predicted molar refractivity (Wildman–Crippen MR) is 224 cm³/mol. The zero-order valence-corrected chi connectivity index (χ0v) is 29.5. The molecule has 5 heteroatoms. The molecule has 0 spiro atoms. The van der Waals surface area contributed by atoms with Crippen LogP contribution in [0.1, 0.15) is 11.1 Å². The van der Waals surface area contributed by atoms with E-state index in [0.29, 0.717) is 11.1 Å². The summed E-state index contributed by atoms with van der Waals surface area (Å²) in [4.78, 5) is 0. The summed E-state index contributed by atoms with van der Waals surface area (Å²) < 4.78 is 6.78. The van der Waals surface area contributed by atoms with Gasteiger partial charge < -0.3 is 13.7 Å². The van der Waals surface area contributed by atoms with E-state index in [-0.39, 0.29) is 0 Å². The van der Waals surface area contributed by atoms with Gasteiger partial charge in [-0.05, 0) is 60.7 Å². The molecule has 0 amide bonds. The molecule has 3 heterocycles. The average Bonchev–Trinajstić information content (AvgIpc) is 3.89. The number of nitriles is 2. The maximum absolute atomic E-state index is 11.0. The Bertz CT molecular complexity index is 3420. The Morgan fingerprint density at radius 1 is 0.345 bits per heavy atom. The van der Waals surface area contributed by atoms with Crippen LogP contribution in [0.3, 0.4) is 0 Å². The molecule has 0 saturated carbocycles. The number of nitrogens with zero attached hydrogens (tertiary/aromatic N) is 5. The van der Waals surface area contributed by atoms with Crippen molar-refractivity contribution in [3.05, 3.63) is 187 Å². The summed E-state index contributed by atoms with van der Waals surface area (Å²) in [5, 5.41) is 28.0. The van der Waals surface area contributed by atoms with Gasteiger partial charge in [0.2, 0.25) is 0 Å². The van der Waals surface area contributed by atoms with Gasteiger partial charge in [-0.3, -0.25) is 0 Å². The van der Waals surface area contributed by atoms with Crippen LogP contribution in [0.4, 0.5) is 0 Å². The Hall–Kier alpha value is -7.86. The Morgan fingerprint density at radius 3 is 1.51 bits per heavy atom. The summed E-state index contributed by atoms with van der Waals surface area (Å²) >= 11 is 0. The van der Waals surface area contributed by atoms with Crippen LogP contribution >= 0.6 is 0 Å². The lowest BCUT2D eigenvalue weighted by Crippen LogP contribution is -2.02. The van der Waals surface area contributed by atoms with E-state index < -0.39 is 0 Å². The van der Waals surface area contributed by atoms with E-state index in [0.717, 1.165) is 71.8 Å². The molecule has 11 rings (SSSR count). The maximum Gasteiger partial charge on any atom is 0.102 e. The number of rotatable bonds is 4. The zero-order chi connectivity index (χ0) is 36.6. The molecule has 0 unspecified atom stereocenters. The second-order valence-electron chi connectivity index (χ2n) is 13.9. The van der Waals surface area contributed by atoms with Crippen LogP contribution in [-0.2, 0) is 0 Å². The van der Waals surface area contributed by atoms with Gasteiger partial charge in [-0.1, -0.05) is 115 Å². The van der Waals surface area contributed by atoms with E-state index in [1.165, 1.54) is 21.8 Å². The quantitative estimate of drug-likeness (QED) is 0.184. The molecule has 254 valence electrons. The first-order chi connectivity index (χ1) is 27.2. The van der Waals surface area contributed by atoms with Gasteiger partial charge >= 0.3 is 0 Å². The molecule has 3 aromatic heterocycles. The molecule has 0 fully saturated rings. The Labute approximate surface area is 316 Å². The molecule has 0 aliphatic rings. The van der Waals surface area contributed by atoms with Crippen molar-refractivity contribution in [2.24, 2.45) is 0 Å². The smallest absolute Gasteiger partial charge is 0.102 e. The van der Waals surface area contributed by atoms with Crippen LogP contribution in [0.15, 0.2) is 176 Å². The first-order valence-corrected chi connectivity index (χ1v) is 18.3. The largest absolute Gasteiger partial charge is 0.309 e. The third-order valence-corrected chi connectivity index (χ3v) is 11.1. The predicted octanol–water partition coefficient (Wildman–Crippen LogP) is 12.4. The van der Waals surface area contributed by atoms with E-state index in [1.54, 1.807) is 0 Å². The van der Waals surface area contributed by atoms with Crippen molar-refractivity contribution in [2.45, 2.75) is 0 Å². The van der Waals surface area contributed by atoms with Gasteiger partial charge in [-0.15, -0.1) is 0 Å². The summed E-state index contributed by atoms with van der Waals surface area (Å²) in [6.45, 7) is 0. The zero-order valence-electron chi connectivity index (χ0n) is 29.5. The fraction of sp³-hybridized carbons (Fsp3) is 0. The van der Waals surface area contributed by atoms with Crippen molar-refractivity contribution in [1.29, 1.82) is 10.5 Å². The SMILES string of the molecule is N#Cc1c(-c2ccccc2-n2c3ccccc3c3cc(-n4c5ccccc5c5ccccc54)ccc32)cccc1-n1c2ccccc2c2cccc(C#N)c21. The minimum Gasteiger partial charge on any atom is -0.309 e. The van der Waals surface area contributed by atoms with E-state index in [2.05, 4.69) is 153 Å². The summed E-state index contributed by atoms with van der Waals surface area (Å²) in [5.74, 6) is 0. The number of fused-ring (bicyclic) bond motifs is 9. The van der Waals surface area contributed by atoms with Crippen molar-refractivity contribution in [3.8, 4) is 40.3 Å². The van der Waals surface area contributed by atoms with Gasteiger partial charge in [-0.2, -0.15) is 10.5 Å². The topological polar surface area (TPSA) is 62.4 Å². The van der Waals surface area contributed by atoms with Crippen LogP contribution < -0.4 is 0 Å². The fourth-order valence-electron chi connectivity index (χ4n) is 8.88. The van der Waals surface area contributed by atoms with E-state index >= 15 is 0 Å². The molecular weight excluding hydrogens is 671 g/mol. The highest BCUT2D eigenvalue weighted by Gasteiger charge is 2.22. The normalized spacial score (nSPS) is 11.6. The van der Waals surface area contributed by atoms with Gasteiger partial charge in [0.15, 0.2) is 0 Å². The molecule has 0 saturated heterocycles. The lowest BCUT2D eigenvalue weighted by Gasteiger charge is -2.18. The molecular formula is C50H29N5. The van der Waals surface area contributed by atoms with Crippen molar-refractivity contribution in [1.82, 2.24) is 13.7 Å². The Kier molecular flexibility index (Phi) is 6.61. The van der Waals surface area contributed by atoms with E-state index in [4.69, 9.17) is 0 Å². The summed E-state index contributed by atoms with van der Waals surface area (Å²) in [7, 11) is 0. The standard InChI is InChI=1S/C50H29N5/c51-30-32-13-11-20-40-38-17-4-10-25-47(38)55(50(32)40)48-26-12-19-34(42(48)31-52)35-14-1-8-23-45(35)54-46-24-9-5-18-39(46)41-29-33(27-28-49(41)54)53-43-21-6-2-15-36(43)37-16-3-7-22-44(37)53/h1-29H. The molecule has 0 radical (unpaired) electrons. The van der Waals surface area contributed by atoms with Crippen LogP contribution in [-0.4, -0.2) is 13.7 Å². The molecule has 8 aromatic carbocycles. The number of hydrogen-bond acceptors (Lipinski definition) is 2. The second kappa shape index (κ2) is 11.8. The molecule has 0 N–H and O–H groups in total. The second-order valence-corrected chi connectivity index (χ2v) is 13.9. The van der Waals surface area contributed by atoms with E-state index in [1.807, 2.05) is 48.5 Å². The highest BCUT2D eigenvalue weighted by molar-refractivity contribution is 6.13. The summed E-state index contributed by atoms with van der Waals surface area (Å²) in [6.07, 6.45) is 0. The highest BCUT2D eigenvalue weighted by Crippen LogP contribution is 2.41. The molecule has 0 atom stereocenters. The highest BCUT2D eigenvalue weighted by atomic mass is 15.0. The average molecular weight is 700 g/mol. The third kappa shape index (κ3) is 4.33. The summed E-state index contributed by atoms with van der Waals surface area (Å²) in [5.41, 5.74) is 11.9. The minimum absolute atomic E-state index is 0.541. The van der Waals surface area contributed by atoms with Crippen molar-refractivity contribution >= 4 is 65.4 Å². The molecule has 0 aliphatic heterocycles. The molecule has 0 bridgehead atoms. The van der Waals surface area contributed by atoms with Crippen LogP contribution in [0, 0.1) is 22.7 Å². The molecule has 0 aliphatic carbocycles. The number of para-hydroxylation sites is 6.